The van der Waals surface area contributed by atoms with E-state index in [1.54, 1.807) is 0 Å². The summed E-state index contributed by atoms with van der Waals surface area (Å²) in [6.07, 6.45) is 2.44. The van der Waals surface area contributed by atoms with Gasteiger partial charge in [0.2, 0.25) is 11.8 Å². The van der Waals surface area contributed by atoms with Crippen LogP contribution in [-0.2, 0) is 40.3 Å². The number of benzene rings is 5. The van der Waals surface area contributed by atoms with Gasteiger partial charge in [-0.05, 0) is 88.2 Å². The largest absolute Gasteiger partial charge is 0.449 e. The fourth-order valence-electron chi connectivity index (χ4n) is 7.86. The lowest BCUT2D eigenvalue weighted by atomic mass is 9.96. The highest BCUT2D eigenvalue weighted by atomic mass is 35.5. The Hall–Kier alpha value is -5.40. The lowest BCUT2D eigenvalue weighted by Crippen LogP contribution is -2.47. The van der Waals surface area contributed by atoms with Gasteiger partial charge in [-0.2, -0.15) is 0 Å². The Balaban J connectivity index is 0.911. The van der Waals surface area contributed by atoms with Crippen LogP contribution in [0.2, 0.25) is 5.02 Å². The third kappa shape index (κ3) is 8.86. The van der Waals surface area contributed by atoms with Gasteiger partial charge >= 0.3 is 6.09 Å². The highest BCUT2D eigenvalue weighted by Gasteiger charge is 2.40. The van der Waals surface area contributed by atoms with Gasteiger partial charge in [0.25, 0.3) is 0 Å². The highest BCUT2D eigenvalue weighted by Crippen LogP contribution is 2.44. The first-order valence-corrected chi connectivity index (χ1v) is 19.2. The minimum atomic E-state index is -0.533. The Morgan fingerprint density at radius 2 is 1.30 bits per heavy atom. The molecule has 0 radical (unpaired) electrons. The SMILES string of the molecule is C[C@H](CCc1ccccc1)C(=O)N1C[C@H](Cc2ccc(Cl)cc2)C[C@H]1C(=O)NCc1ccc(CNC(=O)OCC2c3ccccc3-c3ccccc32)cc1. The van der Waals surface area contributed by atoms with E-state index in [1.165, 1.54) is 27.8 Å². The highest BCUT2D eigenvalue weighted by molar-refractivity contribution is 6.30. The molecule has 54 heavy (non-hydrogen) atoms. The van der Waals surface area contributed by atoms with Crippen LogP contribution in [0.4, 0.5) is 4.79 Å². The van der Waals surface area contributed by atoms with Crippen molar-refractivity contribution in [2.45, 2.75) is 57.7 Å². The van der Waals surface area contributed by atoms with Crippen molar-refractivity contribution in [3.63, 3.8) is 0 Å². The molecule has 1 aliphatic heterocycles. The Morgan fingerprint density at radius 3 is 1.94 bits per heavy atom. The molecule has 1 aliphatic carbocycles. The van der Waals surface area contributed by atoms with Crippen molar-refractivity contribution in [2.75, 3.05) is 13.2 Å². The number of fused-ring (bicyclic) bond motifs is 3. The van der Waals surface area contributed by atoms with E-state index in [2.05, 4.69) is 47.0 Å². The van der Waals surface area contributed by atoms with E-state index in [0.29, 0.717) is 31.1 Å². The van der Waals surface area contributed by atoms with Crippen LogP contribution >= 0.6 is 11.6 Å². The Labute approximate surface area is 322 Å². The van der Waals surface area contributed by atoms with E-state index in [1.807, 2.05) is 103 Å². The number of aryl methyl sites for hydroxylation is 1. The van der Waals surface area contributed by atoms with E-state index >= 15 is 0 Å². The molecule has 0 saturated carbocycles. The fraction of sp³-hybridized carbons (Fsp3) is 0.283. The molecule has 2 aliphatic rings. The minimum Gasteiger partial charge on any atom is -0.449 e. The van der Waals surface area contributed by atoms with Gasteiger partial charge in [0, 0.05) is 36.5 Å². The molecule has 3 amide bonds. The number of hydrogen-bond donors (Lipinski definition) is 2. The standard InChI is InChI=1S/C46H46ClN3O4/c1-31(15-16-32-9-3-2-4-10-32)45(52)50-29-36(25-33-21-23-37(47)24-22-33)26-43(50)44(51)48-27-34-17-19-35(20-18-34)28-49-46(53)54-30-42-40-13-7-5-11-38(40)39-12-6-8-14-41(39)42/h2-14,17-24,31,36,42-43H,15-16,25-30H2,1H3,(H,48,51)(H,49,53)/t31-,36-,43+/m1/s1. The Bertz CT molecular complexity index is 2020. The predicted molar refractivity (Wildman–Crippen MR) is 213 cm³/mol. The van der Waals surface area contributed by atoms with Gasteiger partial charge in [-0.15, -0.1) is 0 Å². The van der Waals surface area contributed by atoms with E-state index in [0.717, 1.165) is 36.0 Å². The van der Waals surface area contributed by atoms with Crippen molar-refractivity contribution in [3.8, 4) is 11.1 Å². The number of carbonyl (C=O) groups is 3. The van der Waals surface area contributed by atoms with Crippen LogP contribution in [0.5, 0.6) is 0 Å². The number of alkyl carbamates (subject to hydrolysis) is 1. The number of carbonyl (C=O) groups excluding carboxylic acids is 3. The van der Waals surface area contributed by atoms with Gasteiger partial charge < -0.3 is 20.3 Å². The minimum absolute atomic E-state index is 0.00415. The zero-order chi connectivity index (χ0) is 37.4. The zero-order valence-corrected chi connectivity index (χ0v) is 31.3. The maximum absolute atomic E-state index is 13.8. The maximum Gasteiger partial charge on any atom is 0.407 e. The molecule has 1 saturated heterocycles. The third-order valence-corrected chi connectivity index (χ3v) is 11.1. The first-order valence-electron chi connectivity index (χ1n) is 18.9. The summed E-state index contributed by atoms with van der Waals surface area (Å²) in [4.78, 5) is 42.1. The van der Waals surface area contributed by atoms with Crippen molar-refractivity contribution in [3.05, 3.63) is 166 Å². The van der Waals surface area contributed by atoms with E-state index in [4.69, 9.17) is 16.3 Å². The summed E-state index contributed by atoms with van der Waals surface area (Å²) >= 11 is 6.12. The Morgan fingerprint density at radius 1 is 0.722 bits per heavy atom. The van der Waals surface area contributed by atoms with Crippen LogP contribution in [0.1, 0.15) is 59.1 Å². The topological polar surface area (TPSA) is 87.7 Å². The summed E-state index contributed by atoms with van der Waals surface area (Å²) in [5, 5.41) is 6.66. The molecule has 2 N–H and O–H groups in total. The second kappa shape index (κ2) is 17.2. The molecular formula is C46H46ClN3O4. The lowest BCUT2D eigenvalue weighted by Gasteiger charge is -2.27. The second-order valence-corrected chi connectivity index (χ2v) is 15.0. The van der Waals surface area contributed by atoms with Crippen LogP contribution in [0.3, 0.4) is 0 Å². The molecule has 5 aromatic carbocycles. The molecule has 0 aromatic heterocycles. The van der Waals surface area contributed by atoms with Crippen molar-refractivity contribution in [2.24, 2.45) is 11.8 Å². The number of halogens is 1. The molecule has 8 heteroatoms. The van der Waals surface area contributed by atoms with Crippen LogP contribution in [0.25, 0.3) is 11.1 Å². The van der Waals surface area contributed by atoms with Crippen molar-refractivity contribution < 1.29 is 19.1 Å². The van der Waals surface area contributed by atoms with Crippen LogP contribution in [0, 0.1) is 11.8 Å². The van der Waals surface area contributed by atoms with Crippen molar-refractivity contribution in [1.29, 1.82) is 0 Å². The first kappa shape index (κ1) is 36.9. The number of hydrogen-bond acceptors (Lipinski definition) is 4. The molecule has 7 nitrogen and oxygen atoms in total. The van der Waals surface area contributed by atoms with Crippen molar-refractivity contribution >= 4 is 29.5 Å². The summed E-state index contributed by atoms with van der Waals surface area (Å²) in [6.45, 7) is 3.43. The molecule has 0 bridgehead atoms. The number of nitrogens with zero attached hydrogens (tertiary/aromatic N) is 1. The van der Waals surface area contributed by atoms with Gasteiger partial charge in [-0.1, -0.05) is 134 Å². The number of amides is 3. The third-order valence-electron chi connectivity index (χ3n) is 10.8. The summed E-state index contributed by atoms with van der Waals surface area (Å²) in [7, 11) is 0. The number of likely N-dealkylation sites (tertiary alicyclic amines) is 1. The molecule has 7 rings (SSSR count). The van der Waals surface area contributed by atoms with E-state index < -0.39 is 12.1 Å². The average molecular weight is 740 g/mol. The number of nitrogens with one attached hydrogen (secondary N) is 2. The molecule has 1 fully saturated rings. The maximum atomic E-state index is 13.8. The molecule has 276 valence electrons. The monoisotopic (exact) mass is 739 g/mol. The number of ether oxygens (including phenoxy) is 1. The van der Waals surface area contributed by atoms with Gasteiger partial charge in [0.1, 0.15) is 12.6 Å². The molecule has 0 unspecified atom stereocenters. The van der Waals surface area contributed by atoms with Crippen LogP contribution in [-0.4, -0.2) is 42.0 Å². The summed E-state index contributed by atoms with van der Waals surface area (Å²) in [6, 6.07) is 41.8. The predicted octanol–water partition coefficient (Wildman–Crippen LogP) is 8.72. The first-order chi connectivity index (χ1) is 26.3. The summed E-state index contributed by atoms with van der Waals surface area (Å²) < 4.78 is 5.69. The fourth-order valence-corrected chi connectivity index (χ4v) is 7.98. The number of rotatable bonds is 13. The van der Waals surface area contributed by atoms with Crippen molar-refractivity contribution in [1.82, 2.24) is 15.5 Å². The van der Waals surface area contributed by atoms with Crippen LogP contribution < -0.4 is 10.6 Å². The molecule has 1 heterocycles. The lowest BCUT2D eigenvalue weighted by molar-refractivity contribution is -0.141. The molecule has 0 spiro atoms. The molecule has 3 atom stereocenters. The second-order valence-electron chi connectivity index (χ2n) is 14.6. The zero-order valence-electron chi connectivity index (χ0n) is 30.5. The van der Waals surface area contributed by atoms with E-state index in [-0.39, 0.29) is 36.2 Å². The molecule has 5 aromatic rings. The smallest absolute Gasteiger partial charge is 0.407 e. The van der Waals surface area contributed by atoms with Crippen LogP contribution in [0.15, 0.2) is 127 Å². The van der Waals surface area contributed by atoms with Gasteiger partial charge in [0.15, 0.2) is 0 Å². The van der Waals surface area contributed by atoms with E-state index in [9.17, 15) is 14.4 Å². The normalized spacial score (nSPS) is 16.7. The van der Waals surface area contributed by atoms with Gasteiger partial charge in [-0.25, -0.2) is 4.79 Å². The summed E-state index contributed by atoms with van der Waals surface area (Å²) in [5.74, 6) is -0.152. The quantitative estimate of drug-likeness (QED) is 0.127. The van der Waals surface area contributed by atoms with Gasteiger partial charge in [0.05, 0.1) is 0 Å². The van der Waals surface area contributed by atoms with Gasteiger partial charge in [-0.3, -0.25) is 9.59 Å². The Kier molecular flexibility index (Phi) is 11.7. The average Bonchev–Trinajstić information content (AvgIpc) is 3.78. The molecular weight excluding hydrogens is 694 g/mol. The summed E-state index contributed by atoms with van der Waals surface area (Å²) in [5.41, 5.74) is 8.92.